The summed E-state index contributed by atoms with van der Waals surface area (Å²) in [6.07, 6.45) is 11.8. The molecule has 15 nitrogen and oxygen atoms in total. The molecule has 5 aromatic rings. The standard InChI is InChI=1S/C57H65ClF2N8O7/c1-55(72)11-3-4-36(27-55)49-42-28-61-50(41-24-39(75-33-73-2)23-35-5-8-43(59)47(58)46(35)41)48(60)51(42)64-54(63-49)74-32-57(12-13-57)31-66-16-14-56(15-17-66)25-34(26-56)29-65-18-20-67(21-19-65)38-6-7-40-37(22-38)30-68(53(40)71)44-9-10-45(69)62-52(44)70/h5-8,22-24,28,34,36,44,72H,3-4,9-21,25-27,29-33H2,1-2H3,(H,62,69,70)/t36?,44-,55+/m0/s1. The molecule has 1 unspecified atom stereocenters. The van der Waals surface area contributed by atoms with E-state index in [1.807, 2.05) is 19.1 Å². The predicted octanol–water partition coefficient (Wildman–Crippen LogP) is 8.40. The molecule has 6 fully saturated rings. The largest absolute Gasteiger partial charge is 0.468 e. The number of halogens is 3. The van der Waals surface area contributed by atoms with E-state index >= 15 is 4.39 Å². The third kappa shape index (κ3) is 9.92. The number of carbonyl (C=O) groups excluding carboxylic acids is 3. The monoisotopic (exact) mass is 1050 g/mol. The maximum absolute atomic E-state index is 17.3. The van der Waals surface area contributed by atoms with Crippen LogP contribution >= 0.6 is 11.6 Å². The summed E-state index contributed by atoms with van der Waals surface area (Å²) in [6, 6.07) is 11.6. The molecule has 2 N–H and O–H groups in total. The molecule has 3 amide bonds. The smallest absolute Gasteiger partial charge is 0.317 e. The lowest BCUT2D eigenvalue weighted by molar-refractivity contribution is -0.136. The molecule has 2 aromatic heterocycles. The van der Waals surface area contributed by atoms with Gasteiger partial charge in [-0.3, -0.25) is 29.6 Å². The number of aromatic nitrogens is 3. The second-order valence-corrected chi connectivity index (χ2v) is 23.6. The van der Waals surface area contributed by atoms with Crippen molar-refractivity contribution in [2.75, 3.05) is 77.8 Å². The first-order chi connectivity index (χ1) is 36.1. The predicted molar refractivity (Wildman–Crippen MR) is 279 cm³/mol. The number of anilines is 1. The topological polar surface area (TPSA) is 163 Å². The lowest BCUT2D eigenvalue weighted by Crippen LogP contribution is -2.53. The number of carbonyl (C=O) groups is 3. The van der Waals surface area contributed by atoms with Gasteiger partial charge in [-0.05, 0) is 149 Å². The molecule has 0 radical (unpaired) electrons. The number of aliphatic hydroxyl groups is 1. The Balaban J connectivity index is 0.666. The van der Waals surface area contributed by atoms with Gasteiger partial charge in [0, 0.05) is 104 Å². The molecule has 4 aliphatic heterocycles. The lowest BCUT2D eigenvalue weighted by Gasteiger charge is -2.54. The Labute approximate surface area is 440 Å². The van der Waals surface area contributed by atoms with Gasteiger partial charge in [-0.2, -0.15) is 9.97 Å². The summed E-state index contributed by atoms with van der Waals surface area (Å²) in [4.78, 5) is 61.1. The summed E-state index contributed by atoms with van der Waals surface area (Å²) in [5.41, 5.74) is 2.99. The summed E-state index contributed by atoms with van der Waals surface area (Å²) >= 11 is 6.58. The van der Waals surface area contributed by atoms with Crippen molar-refractivity contribution >= 4 is 56.7 Å². The summed E-state index contributed by atoms with van der Waals surface area (Å²) < 4.78 is 49.7. The molecular weight excluding hydrogens is 982 g/mol. The zero-order valence-corrected chi connectivity index (χ0v) is 43.5. The highest BCUT2D eigenvalue weighted by Crippen LogP contribution is 2.54. The fourth-order valence-electron chi connectivity index (χ4n) is 13.5. The van der Waals surface area contributed by atoms with Crippen LogP contribution in [0.5, 0.6) is 11.8 Å². The Morgan fingerprint density at radius 3 is 2.43 bits per heavy atom. The van der Waals surface area contributed by atoms with Gasteiger partial charge in [-0.25, -0.2) is 8.78 Å². The quantitative estimate of drug-likeness (QED) is 0.0807. The number of benzene rings is 3. The van der Waals surface area contributed by atoms with Crippen LogP contribution in [0.15, 0.2) is 48.7 Å². The Morgan fingerprint density at radius 1 is 0.880 bits per heavy atom. The number of piperazine rings is 1. The molecule has 3 aliphatic carbocycles. The fourth-order valence-corrected chi connectivity index (χ4v) is 13.8. The van der Waals surface area contributed by atoms with Gasteiger partial charge in [-0.1, -0.05) is 17.7 Å². The molecule has 3 saturated carbocycles. The van der Waals surface area contributed by atoms with Crippen molar-refractivity contribution in [1.29, 1.82) is 0 Å². The van der Waals surface area contributed by atoms with Crippen molar-refractivity contribution in [1.82, 2.24) is 35.0 Å². The van der Waals surface area contributed by atoms with E-state index in [0.29, 0.717) is 76.9 Å². The average molecular weight is 1050 g/mol. The van der Waals surface area contributed by atoms with Gasteiger partial charge in [-0.15, -0.1) is 0 Å². The van der Waals surface area contributed by atoms with Gasteiger partial charge >= 0.3 is 6.01 Å². The van der Waals surface area contributed by atoms with Crippen LogP contribution in [0.1, 0.15) is 112 Å². The van der Waals surface area contributed by atoms with Gasteiger partial charge < -0.3 is 34.0 Å². The minimum atomic E-state index is -0.900. The van der Waals surface area contributed by atoms with Crippen molar-refractivity contribution < 1.29 is 42.5 Å². The summed E-state index contributed by atoms with van der Waals surface area (Å²) in [7, 11) is 1.50. The van der Waals surface area contributed by atoms with Crippen LogP contribution < -0.4 is 19.7 Å². The highest BCUT2D eigenvalue weighted by molar-refractivity contribution is 6.37. The highest BCUT2D eigenvalue weighted by Gasteiger charge is 2.50. The first-order valence-corrected chi connectivity index (χ1v) is 27.3. The van der Waals surface area contributed by atoms with Crippen molar-refractivity contribution in [2.24, 2.45) is 16.7 Å². The fraction of sp³-hybridized carbons (Fsp3) is 0.544. The maximum atomic E-state index is 17.3. The van der Waals surface area contributed by atoms with Crippen LogP contribution in [0.25, 0.3) is 32.9 Å². The van der Waals surface area contributed by atoms with E-state index in [0.717, 1.165) is 89.3 Å². The first kappa shape index (κ1) is 50.2. The molecule has 396 valence electrons. The third-order valence-electron chi connectivity index (χ3n) is 17.8. The minimum absolute atomic E-state index is 0.0405. The summed E-state index contributed by atoms with van der Waals surface area (Å²) in [6.45, 7) is 10.6. The SMILES string of the molecule is COCOc1cc(-c2ncc3c(C4CCC[C@@](C)(O)C4)nc(OCC4(CN5CCC6(CC5)CC(CN5CCN(c7ccc8c(c7)CN([C@H]7CCC(=O)NC7=O)C8=O)CC5)C6)CC4)nc3c2F)c2c(Cl)c(F)ccc2c1. The molecule has 3 aromatic carbocycles. The van der Waals surface area contributed by atoms with E-state index in [-0.39, 0.29) is 70.1 Å². The van der Waals surface area contributed by atoms with Crippen LogP contribution in [0.2, 0.25) is 5.02 Å². The number of rotatable bonds is 14. The molecule has 3 atom stereocenters. The van der Waals surface area contributed by atoms with Crippen molar-refractivity contribution in [2.45, 2.75) is 108 Å². The molecule has 1 spiro atoms. The number of pyridine rings is 1. The Kier molecular flexibility index (Phi) is 13.2. The lowest BCUT2D eigenvalue weighted by atomic mass is 9.57. The molecule has 6 heterocycles. The van der Waals surface area contributed by atoms with E-state index in [4.69, 9.17) is 35.8 Å². The highest BCUT2D eigenvalue weighted by atomic mass is 35.5. The van der Waals surface area contributed by atoms with Crippen LogP contribution in [0, 0.1) is 28.4 Å². The number of nitrogens with zero attached hydrogens (tertiary/aromatic N) is 7. The molecule has 0 bridgehead atoms. The number of amides is 3. The Morgan fingerprint density at radius 2 is 1.68 bits per heavy atom. The number of piperidine rings is 2. The van der Waals surface area contributed by atoms with E-state index in [9.17, 15) is 23.9 Å². The first-order valence-electron chi connectivity index (χ1n) is 26.9. The van der Waals surface area contributed by atoms with Crippen LogP contribution in [0.4, 0.5) is 14.5 Å². The normalized spacial score (nSPS) is 25.0. The van der Waals surface area contributed by atoms with Gasteiger partial charge in [0.25, 0.3) is 5.91 Å². The number of nitrogens with one attached hydrogen (secondary N) is 1. The van der Waals surface area contributed by atoms with E-state index in [2.05, 4.69) is 31.1 Å². The average Bonchev–Trinajstić information content (AvgIpc) is 4.09. The molecule has 7 aliphatic rings. The van der Waals surface area contributed by atoms with Gasteiger partial charge in [0.05, 0.1) is 22.9 Å². The molecule has 18 heteroatoms. The van der Waals surface area contributed by atoms with E-state index in [1.165, 1.54) is 38.9 Å². The van der Waals surface area contributed by atoms with Gasteiger partial charge in [0.2, 0.25) is 11.8 Å². The number of methoxy groups -OCH3 is 1. The Hall–Kier alpha value is -5.59. The molecule has 12 rings (SSSR count). The second kappa shape index (κ2) is 19.8. The van der Waals surface area contributed by atoms with Crippen LogP contribution in [0.3, 0.4) is 0 Å². The number of likely N-dealkylation sites (tertiary alicyclic amines) is 1. The number of hydrogen-bond donors (Lipinski definition) is 2. The van der Waals surface area contributed by atoms with Crippen molar-refractivity contribution in [3.8, 4) is 23.0 Å². The third-order valence-corrected chi connectivity index (χ3v) is 18.1. The maximum Gasteiger partial charge on any atom is 0.317 e. The summed E-state index contributed by atoms with van der Waals surface area (Å²) in [5, 5.41) is 14.7. The molecule has 3 saturated heterocycles. The minimum Gasteiger partial charge on any atom is -0.468 e. The van der Waals surface area contributed by atoms with Crippen LogP contribution in [-0.4, -0.2) is 137 Å². The van der Waals surface area contributed by atoms with Crippen LogP contribution in [-0.2, 0) is 20.9 Å². The van der Waals surface area contributed by atoms with Gasteiger partial charge in [0.15, 0.2) is 12.6 Å². The molecular formula is C57H65ClF2N8O7. The zero-order valence-electron chi connectivity index (χ0n) is 42.8. The Bertz CT molecular complexity index is 3080. The number of fused-ring (bicyclic) bond motifs is 3. The number of imide groups is 1. The zero-order chi connectivity index (χ0) is 51.8. The van der Waals surface area contributed by atoms with E-state index < -0.39 is 23.3 Å². The number of ether oxygens (including phenoxy) is 3. The van der Waals surface area contributed by atoms with E-state index in [1.54, 1.807) is 29.3 Å². The number of hydrogen-bond acceptors (Lipinski definition) is 13. The van der Waals surface area contributed by atoms with Crippen molar-refractivity contribution in [3.05, 3.63) is 82.1 Å². The second-order valence-electron chi connectivity index (χ2n) is 23.2. The van der Waals surface area contributed by atoms with Crippen molar-refractivity contribution in [3.63, 3.8) is 0 Å². The van der Waals surface area contributed by atoms with Gasteiger partial charge in [0.1, 0.15) is 28.8 Å². The summed E-state index contributed by atoms with van der Waals surface area (Å²) in [5.74, 6) is -1.26. The molecule has 75 heavy (non-hydrogen) atoms.